The molecule has 0 aliphatic heterocycles. The molecule has 3 nitrogen and oxygen atoms in total. The Hall–Kier alpha value is -0.860. The van der Waals surface area contributed by atoms with E-state index in [4.69, 9.17) is 5.21 Å². The number of Topliss-reactive ketones (excluding diaryl/α,β-unsaturated/α-hetero) is 1. The van der Waals surface area contributed by atoms with Gasteiger partial charge in [0.05, 0.1) is 6.21 Å². The summed E-state index contributed by atoms with van der Waals surface area (Å²) in [6.45, 7) is 1.77. The smallest absolute Gasteiger partial charge is 0.138 e. The molecule has 0 unspecified atom stereocenters. The fourth-order valence-electron chi connectivity index (χ4n) is 0.287. The van der Waals surface area contributed by atoms with E-state index in [1.807, 2.05) is 0 Å². The third-order valence-electron chi connectivity index (χ3n) is 0.795. The van der Waals surface area contributed by atoms with E-state index in [-0.39, 0.29) is 12.2 Å². The second kappa shape index (κ2) is 4.30. The standard InChI is InChI=1S/C5H9NO2/c1-2-5(7)3-4-6-8/h4,8H,2-3H2,1H3/b6-4-. The van der Waals surface area contributed by atoms with E-state index in [1.165, 1.54) is 6.21 Å². The highest BCUT2D eigenvalue weighted by Crippen LogP contribution is 1.83. The van der Waals surface area contributed by atoms with Crippen LogP contribution in [0.3, 0.4) is 0 Å². The van der Waals surface area contributed by atoms with Crippen LogP contribution in [0.2, 0.25) is 0 Å². The van der Waals surface area contributed by atoms with Crippen molar-refractivity contribution in [3.63, 3.8) is 0 Å². The van der Waals surface area contributed by atoms with Crippen LogP contribution in [0.4, 0.5) is 0 Å². The monoisotopic (exact) mass is 115 g/mol. The van der Waals surface area contributed by atoms with E-state index >= 15 is 0 Å². The number of hydrogen-bond acceptors (Lipinski definition) is 3. The van der Waals surface area contributed by atoms with Gasteiger partial charge in [-0.15, -0.1) is 5.16 Å². The van der Waals surface area contributed by atoms with Gasteiger partial charge < -0.3 is 5.21 Å². The van der Waals surface area contributed by atoms with Crippen molar-refractivity contribution in [2.45, 2.75) is 19.8 Å². The van der Waals surface area contributed by atoms with Gasteiger partial charge in [0.2, 0.25) is 0 Å². The van der Waals surface area contributed by atoms with Crippen molar-refractivity contribution in [2.24, 2.45) is 5.16 Å². The first-order chi connectivity index (χ1) is 3.81. The third kappa shape index (κ3) is 3.33. The second-order valence-corrected chi connectivity index (χ2v) is 1.39. The van der Waals surface area contributed by atoms with Crippen molar-refractivity contribution in [1.82, 2.24) is 0 Å². The number of oxime groups is 1. The second-order valence-electron chi connectivity index (χ2n) is 1.39. The number of rotatable bonds is 3. The summed E-state index contributed by atoms with van der Waals surface area (Å²) in [6.07, 6.45) is 1.94. The summed E-state index contributed by atoms with van der Waals surface area (Å²) in [5.41, 5.74) is 0. The van der Waals surface area contributed by atoms with Crippen molar-refractivity contribution < 1.29 is 10.0 Å². The first-order valence-electron chi connectivity index (χ1n) is 2.48. The Bertz CT molecular complexity index is 98.6. The molecule has 0 bridgehead atoms. The zero-order valence-electron chi connectivity index (χ0n) is 4.79. The number of carbonyl (C=O) groups is 1. The molecule has 0 amide bonds. The van der Waals surface area contributed by atoms with E-state index < -0.39 is 0 Å². The van der Waals surface area contributed by atoms with Gasteiger partial charge in [0.15, 0.2) is 0 Å². The van der Waals surface area contributed by atoms with E-state index in [0.29, 0.717) is 6.42 Å². The van der Waals surface area contributed by atoms with Gasteiger partial charge in [0.1, 0.15) is 5.78 Å². The Kier molecular flexibility index (Phi) is 3.84. The molecule has 46 valence electrons. The Balaban J connectivity index is 3.25. The molecule has 0 atom stereocenters. The van der Waals surface area contributed by atoms with Crippen LogP contribution in [-0.4, -0.2) is 17.2 Å². The number of ketones is 1. The molecular weight excluding hydrogens is 106 g/mol. The topological polar surface area (TPSA) is 49.7 Å². The van der Waals surface area contributed by atoms with Crippen LogP contribution < -0.4 is 0 Å². The summed E-state index contributed by atoms with van der Waals surface area (Å²) in [7, 11) is 0. The van der Waals surface area contributed by atoms with Gasteiger partial charge in [-0.25, -0.2) is 0 Å². The maximum atomic E-state index is 10.4. The summed E-state index contributed by atoms with van der Waals surface area (Å²) in [5, 5.41) is 10.5. The summed E-state index contributed by atoms with van der Waals surface area (Å²) in [6, 6.07) is 0. The maximum absolute atomic E-state index is 10.4. The quantitative estimate of drug-likeness (QED) is 0.336. The Labute approximate surface area is 48.0 Å². The van der Waals surface area contributed by atoms with Crippen LogP contribution >= 0.6 is 0 Å². The minimum atomic E-state index is 0.0859. The maximum Gasteiger partial charge on any atom is 0.138 e. The van der Waals surface area contributed by atoms with Gasteiger partial charge in [-0.2, -0.15) is 0 Å². The van der Waals surface area contributed by atoms with Gasteiger partial charge in [-0.05, 0) is 0 Å². The number of carbonyl (C=O) groups excluding carboxylic acids is 1. The van der Waals surface area contributed by atoms with E-state index in [0.717, 1.165) is 0 Å². The lowest BCUT2D eigenvalue weighted by atomic mass is 10.2. The molecule has 0 aliphatic carbocycles. The lowest BCUT2D eigenvalue weighted by Crippen LogP contribution is -1.94. The molecule has 0 fully saturated rings. The Morgan fingerprint density at radius 3 is 2.88 bits per heavy atom. The Morgan fingerprint density at radius 1 is 1.88 bits per heavy atom. The minimum absolute atomic E-state index is 0.0859. The predicted molar refractivity (Wildman–Crippen MR) is 30.2 cm³/mol. The molecule has 0 heterocycles. The van der Waals surface area contributed by atoms with Crippen molar-refractivity contribution in [3.8, 4) is 0 Å². The minimum Gasteiger partial charge on any atom is -0.411 e. The molecule has 0 saturated heterocycles. The van der Waals surface area contributed by atoms with E-state index in [1.54, 1.807) is 6.92 Å². The molecular formula is C5H9NO2. The lowest BCUT2D eigenvalue weighted by Gasteiger charge is -1.83. The zero-order chi connectivity index (χ0) is 6.41. The number of nitrogens with zero attached hydrogens (tertiary/aromatic N) is 1. The molecule has 0 aromatic carbocycles. The molecule has 0 radical (unpaired) electrons. The van der Waals surface area contributed by atoms with Crippen LogP contribution in [0.1, 0.15) is 19.8 Å². The first kappa shape index (κ1) is 7.14. The zero-order valence-corrected chi connectivity index (χ0v) is 4.79. The molecule has 0 aliphatic rings. The van der Waals surface area contributed by atoms with Crippen molar-refractivity contribution in [3.05, 3.63) is 0 Å². The van der Waals surface area contributed by atoms with Crippen molar-refractivity contribution >= 4 is 12.0 Å². The largest absolute Gasteiger partial charge is 0.411 e. The summed E-state index contributed by atoms with van der Waals surface area (Å²) < 4.78 is 0. The van der Waals surface area contributed by atoms with Gasteiger partial charge in [0, 0.05) is 12.8 Å². The average Bonchev–Trinajstić information content (AvgIpc) is 1.83. The molecule has 0 aromatic rings. The molecule has 0 rings (SSSR count). The average molecular weight is 115 g/mol. The molecule has 3 heteroatoms. The molecule has 0 aromatic heterocycles. The van der Waals surface area contributed by atoms with Crippen LogP contribution in [0.25, 0.3) is 0 Å². The molecule has 1 N–H and O–H groups in total. The molecule has 8 heavy (non-hydrogen) atoms. The molecule has 0 spiro atoms. The van der Waals surface area contributed by atoms with Crippen molar-refractivity contribution in [2.75, 3.05) is 0 Å². The summed E-state index contributed by atoms with van der Waals surface area (Å²) in [4.78, 5) is 10.4. The fraction of sp³-hybridized carbons (Fsp3) is 0.600. The highest BCUT2D eigenvalue weighted by Gasteiger charge is 1.91. The van der Waals surface area contributed by atoms with Crippen molar-refractivity contribution in [1.29, 1.82) is 0 Å². The van der Waals surface area contributed by atoms with E-state index in [2.05, 4.69) is 5.16 Å². The van der Waals surface area contributed by atoms with Gasteiger partial charge >= 0.3 is 0 Å². The SMILES string of the molecule is CCC(=O)C/C=N\O. The van der Waals surface area contributed by atoms with Gasteiger partial charge in [0.25, 0.3) is 0 Å². The van der Waals surface area contributed by atoms with Crippen LogP contribution in [0.15, 0.2) is 5.16 Å². The summed E-state index contributed by atoms with van der Waals surface area (Å²) in [5.74, 6) is 0.0859. The first-order valence-corrected chi connectivity index (χ1v) is 2.48. The van der Waals surface area contributed by atoms with Crippen LogP contribution in [0, 0.1) is 0 Å². The molecule has 0 saturated carbocycles. The van der Waals surface area contributed by atoms with Gasteiger partial charge in [-0.1, -0.05) is 6.92 Å². The van der Waals surface area contributed by atoms with Gasteiger partial charge in [-0.3, -0.25) is 4.79 Å². The summed E-state index contributed by atoms with van der Waals surface area (Å²) >= 11 is 0. The highest BCUT2D eigenvalue weighted by atomic mass is 16.4. The van der Waals surface area contributed by atoms with Crippen LogP contribution in [-0.2, 0) is 4.79 Å². The number of hydrogen-bond donors (Lipinski definition) is 1. The Morgan fingerprint density at radius 2 is 2.50 bits per heavy atom. The fourth-order valence-corrected chi connectivity index (χ4v) is 0.287. The predicted octanol–water partition coefficient (Wildman–Crippen LogP) is 0.816. The van der Waals surface area contributed by atoms with Crippen LogP contribution in [0.5, 0.6) is 0 Å². The highest BCUT2D eigenvalue weighted by molar-refractivity contribution is 5.90. The lowest BCUT2D eigenvalue weighted by molar-refractivity contribution is -0.117. The normalized spacial score (nSPS) is 10.1. The van der Waals surface area contributed by atoms with E-state index in [9.17, 15) is 4.79 Å². The third-order valence-corrected chi connectivity index (χ3v) is 0.795.